The minimum Gasteiger partial charge on any atom is -0.463 e. The van der Waals surface area contributed by atoms with Crippen molar-refractivity contribution >= 4 is 34.9 Å². The summed E-state index contributed by atoms with van der Waals surface area (Å²) in [5.74, 6) is -0.587. The standard InChI is InChI=1S/C67H126NO9.BrH/c1-6-9-12-15-18-21-24-27-30-33-36-39-42-45-48-51-65(69)75-61-60-74-59-58-73-57-56-72-55-54-68(4,5)62-64(77-67(71)53-50-47-44-41-38-35-32-29-26-23-20-17-14-11-8-3)63-76-66(70)52-49-46-43-40-37-34-31-28-25-22-19-16-13-10-7-2;/h27-32,64H,6-26,33-63H2,1-5H3;1H/q+1;/b30-27-,31-28-,32-29-;. The Bertz CT molecular complexity index is 1360. The molecule has 0 fully saturated rings. The molecular weight excluding hydrogens is 1040 g/mol. The van der Waals surface area contributed by atoms with Gasteiger partial charge in [-0.15, -0.1) is 17.0 Å². The fourth-order valence-corrected chi connectivity index (χ4v) is 9.43. The van der Waals surface area contributed by atoms with Crippen molar-refractivity contribution < 1.29 is 47.3 Å². The van der Waals surface area contributed by atoms with Gasteiger partial charge in [0.05, 0.1) is 53.7 Å². The summed E-state index contributed by atoms with van der Waals surface area (Å²) < 4.78 is 34.8. The highest BCUT2D eigenvalue weighted by molar-refractivity contribution is 8.93. The molecular formula is C67H127BrNO9+. The molecule has 0 spiro atoms. The number of nitrogens with zero attached hydrogens (tertiary/aromatic N) is 1. The van der Waals surface area contributed by atoms with Crippen LogP contribution in [0.2, 0.25) is 0 Å². The maximum Gasteiger partial charge on any atom is 0.306 e. The predicted octanol–water partition coefficient (Wildman–Crippen LogP) is 18.8. The van der Waals surface area contributed by atoms with Crippen molar-refractivity contribution in [3.05, 3.63) is 36.5 Å². The van der Waals surface area contributed by atoms with Gasteiger partial charge in [-0.2, -0.15) is 0 Å². The number of halogens is 1. The molecule has 0 amide bonds. The summed E-state index contributed by atoms with van der Waals surface area (Å²) in [7, 11) is 4.18. The van der Waals surface area contributed by atoms with Crippen LogP contribution in [-0.2, 0) is 42.8 Å². The van der Waals surface area contributed by atoms with Gasteiger partial charge in [-0.05, 0) is 96.3 Å². The van der Waals surface area contributed by atoms with Gasteiger partial charge in [0.15, 0.2) is 6.10 Å². The van der Waals surface area contributed by atoms with E-state index in [9.17, 15) is 14.4 Å². The van der Waals surface area contributed by atoms with Crippen molar-refractivity contribution in [1.29, 1.82) is 0 Å². The van der Waals surface area contributed by atoms with E-state index in [0.29, 0.717) is 76.5 Å². The number of allylic oxidation sites excluding steroid dienone is 6. The smallest absolute Gasteiger partial charge is 0.306 e. The largest absolute Gasteiger partial charge is 0.463 e. The zero-order chi connectivity index (χ0) is 56.1. The van der Waals surface area contributed by atoms with Gasteiger partial charge in [0.1, 0.15) is 26.3 Å². The first kappa shape index (κ1) is 78.0. The van der Waals surface area contributed by atoms with Gasteiger partial charge in [0.25, 0.3) is 0 Å². The summed E-state index contributed by atoms with van der Waals surface area (Å²) in [4.78, 5) is 38.0. The fourth-order valence-electron chi connectivity index (χ4n) is 9.43. The van der Waals surface area contributed by atoms with E-state index >= 15 is 0 Å². The first-order valence-corrected chi connectivity index (χ1v) is 32.7. The maximum atomic E-state index is 13.1. The van der Waals surface area contributed by atoms with Crippen molar-refractivity contribution in [3.8, 4) is 0 Å². The summed E-state index contributed by atoms with van der Waals surface area (Å²) in [6.45, 7) is 11.0. The van der Waals surface area contributed by atoms with Gasteiger partial charge in [0.2, 0.25) is 0 Å². The molecule has 1 unspecified atom stereocenters. The summed E-state index contributed by atoms with van der Waals surface area (Å²) in [6.07, 6.45) is 62.4. The SMILES string of the molecule is Br.CCCCCCCC/C=C\CCCCCCCC(=O)OCCOCCOCCOCC[N+](C)(C)CC(COC(=O)CCCCCCC/C=C\CCCCCCCC)OC(=O)CCCCCCC/C=C\CCCCCCCC. The molecule has 1 atom stereocenters. The van der Waals surface area contributed by atoms with Gasteiger partial charge in [-0.25, -0.2) is 0 Å². The molecule has 78 heavy (non-hydrogen) atoms. The normalized spacial score (nSPS) is 12.3. The minimum atomic E-state index is -0.525. The Morgan fingerprint density at radius 2 is 0.628 bits per heavy atom. The van der Waals surface area contributed by atoms with Crippen LogP contribution in [0.25, 0.3) is 0 Å². The van der Waals surface area contributed by atoms with Crippen LogP contribution >= 0.6 is 17.0 Å². The number of carbonyl (C=O) groups excluding carboxylic acids is 3. The number of unbranched alkanes of at least 4 members (excludes halogenated alkanes) is 33. The van der Waals surface area contributed by atoms with Gasteiger partial charge in [0, 0.05) is 19.3 Å². The van der Waals surface area contributed by atoms with E-state index < -0.39 is 6.10 Å². The Labute approximate surface area is 492 Å². The molecule has 0 saturated heterocycles. The van der Waals surface area contributed by atoms with E-state index in [4.69, 9.17) is 28.4 Å². The Hall–Kier alpha value is -2.05. The van der Waals surface area contributed by atoms with Crippen molar-refractivity contribution in [2.45, 2.75) is 297 Å². The third-order valence-corrected chi connectivity index (χ3v) is 14.4. The molecule has 0 heterocycles. The second kappa shape index (κ2) is 64.1. The lowest BCUT2D eigenvalue weighted by Gasteiger charge is -2.33. The lowest BCUT2D eigenvalue weighted by atomic mass is 10.1. The van der Waals surface area contributed by atoms with Crippen LogP contribution in [-0.4, -0.2) is 109 Å². The third kappa shape index (κ3) is 63.1. The number of hydrogen-bond acceptors (Lipinski definition) is 9. The molecule has 0 bridgehead atoms. The van der Waals surface area contributed by atoms with Gasteiger partial charge >= 0.3 is 17.9 Å². The minimum absolute atomic E-state index is 0. The van der Waals surface area contributed by atoms with Crippen molar-refractivity contribution in [3.63, 3.8) is 0 Å². The molecule has 0 aromatic rings. The van der Waals surface area contributed by atoms with Crippen LogP contribution in [0.1, 0.15) is 290 Å². The van der Waals surface area contributed by atoms with E-state index in [1.807, 2.05) is 0 Å². The summed E-state index contributed by atoms with van der Waals surface area (Å²) in [6, 6.07) is 0. The van der Waals surface area contributed by atoms with Gasteiger partial charge in [-0.3, -0.25) is 14.4 Å². The number of likely N-dealkylation sites (N-methyl/N-ethyl adjacent to an activating group) is 1. The Balaban J connectivity index is 0. The van der Waals surface area contributed by atoms with Gasteiger partial charge in [-0.1, -0.05) is 211 Å². The van der Waals surface area contributed by atoms with E-state index in [1.165, 1.54) is 180 Å². The average molecular weight is 1170 g/mol. The topological polar surface area (TPSA) is 107 Å². The lowest BCUT2D eigenvalue weighted by molar-refractivity contribution is -0.893. The van der Waals surface area contributed by atoms with E-state index in [1.54, 1.807) is 0 Å². The first-order valence-electron chi connectivity index (χ1n) is 32.7. The third-order valence-electron chi connectivity index (χ3n) is 14.4. The zero-order valence-electron chi connectivity index (χ0n) is 51.8. The Morgan fingerprint density at radius 1 is 0.346 bits per heavy atom. The second-order valence-electron chi connectivity index (χ2n) is 22.7. The molecule has 0 aliphatic heterocycles. The lowest BCUT2D eigenvalue weighted by Crippen LogP contribution is -2.49. The van der Waals surface area contributed by atoms with Crippen LogP contribution in [0.5, 0.6) is 0 Å². The summed E-state index contributed by atoms with van der Waals surface area (Å²) >= 11 is 0. The van der Waals surface area contributed by atoms with Crippen molar-refractivity contribution in [1.82, 2.24) is 0 Å². The predicted molar refractivity (Wildman–Crippen MR) is 335 cm³/mol. The summed E-state index contributed by atoms with van der Waals surface area (Å²) in [5.41, 5.74) is 0. The molecule has 0 radical (unpaired) electrons. The monoisotopic (exact) mass is 1170 g/mol. The molecule has 0 N–H and O–H groups in total. The van der Waals surface area contributed by atoms with Crippen molar-refractivity contribution in [2.75, 3.05) is 80.0 Å². The molecule has 460 valence electrons. The van der Waals surface area contributed by atoms with Gasteiger partial charge < -0.3 is 32.9 Å². The van der Waals surface area contributed by atoms with Crippen LogP contribution in [0.4, 0.5) is 0 Å². The van der Waals surface area contributed by atoms with Crippen LogP contribution in [0.3, 0.4) is 0 Å². The molecule has 0 aliphatic rings. The molecule has 0 saturated carbocycles. The molecule has 0 rings (SSSR count). The average Bonchev–Trinajstić information content (AvgIpc) is 3.41. The fraction of sp³-hybridized carbons (Fsp3) is 0.866. The van der Waals surface area contributed by atoms with Crippen LogP contribution in [0.15, 0.2) is 36.5 Å². The Kier molecular flexibility index (Phi) is 64.1. The number of rotatable bonds is 62. The number of esters is 3. The molecule has 0 aromatic heterocycles. The zero-order valence-corrected chi connectivity index (χ0v) is 53.6. The number of quaternary nitrogens is 1. The second-order valence-corrected chi connectivity index (χ2v) is 22.7. The highest BCUT2D eigenvalue weighted by Gasteiger charge is 2.27. The highest BCUT2D eigenvalue weighted by atomic mass is 79.9. The molecule has 10 nitrogen and oxygen atoms in total. The maximum absolute atomic E-state index is 13.1. The number of carbonyl (C=O) groups is 3. The van der Waals surface area contributed by atoms with E-state index in [-0.39, 0.29) is 48.1 Å². The van der Waals surface area contributed by atoms with Crippen molar-refractivity contribution in [2.24, 2.45) is 0 Å². The highest BCUT2D eigenvalue weighted by Crippen LogP contribution is 2.15. The number of ether oxygens (including phenoxy) is 6. The molecule has 0 aromatic carbocycles. The summed E-state index contributed by atoms with van der Waals surface area (Å²) in [5, 5.41) is 0. The Morgan fingerprint density at radius 3 is 0.987 bits per heavy atom. The van der Waals surface area contributed by atoms with E-state index in [0.717, 1.165) is 70.6 Å². The van der Waals surface area contributed by atoms with E-state index in [2.05, 4.69) is 71.3 Å². The quantitative estimate of drug-likeness (QED) is 0.0193. The van der Waals surface area contributed by atoms with Crippen LogP contribution < -0.4 is 0 Å². The first-order chi connectivity index (χ1) is 37.7. The van der Waals surface area contributed by atoms with Crippen LogP contribution in [0, 0.1) is 0 Å². The molecule has 0 aliphatic carbocycles. The number of hydrogen-bond donors (Lipinski definition) is 0. The molecule has 11 heteroatoms.